The van der Waals surface area contributed by atoms with Crippen molar-refractivity contribution in [3.05, 3.63) is 0 Å². The lowest BCUT2D eigenvalue weighted by molar-refractivity contribution is 0.0166. The van der Waals surface area contributed by atoms with E-state index < -0.39 is 0 Å². The fraction of sp³-hybridized carbons (Fsp3) is 1.00. The van der Waals surface area contributed by atoms with Gasteiger partial charge in [0.25, 0.3) is 0 Å². The lowest BCUT2D eigenvalue weighted by Crippen LogP contribution is -2.57. The zero-order valence-corrected chi connectivity index (χ0v) is 10.5. The van der Waals surface area contributed by atoms with Crippen LogP contribution in [-0.4, -0.2) is 36.1 Å². The molecule has 88 valence electrons. The molecule has 2 aliphatic rings. The molecule has 0 aromatic rings. The standard InChI is InChI=1S/C13H26N2/c1-4-14-13-8-9-15(11(3)10(13)2)12-6-5-7-12/h10-14H,4-9H2,1-3H3. The first-order valence-corrected chi connectivity index (χ1v) is 6.73. The third kappa shape index (κ3) is 2.21. The van der Waals surface area contributed by atoms with Crippen molar-refractivity contribution in [3.63, 3.8) is 0 Å². The lowest BCUT2D eigenvalue weighted by atomic mass is 9.82. The van der Waals surface area contributed by atoms with E-state index in [4.69, 9.17) is 0 Å². The summed E-state index contributed by atoms with van der Waals surface area (Å²) in [4.78, 5) is 2.77. The molecule has 2 fully saturated rings. The number of piperidine rings is 1. The van der Waals surface area contributed by atoms with Crippen molar-refractivity contribution < 1.29 is 0 Å². The van der Waals surface area contributed by atoms with Gasteiger partial charge < -0.3 is 5.32 Å². The molecule has 0 spiro atoms. The number of likely N-dealkylation sites (tertiary alicyclic amines) is 1. The van der Waals surface area contributed by atoms with Gasteiger partial charge in [0.15, 0.2) is 0 Å². The summed E-state index contributed by atoms with van der Waals surface area (Å²) in [5, 5.41) is 3.63. The first-order valence-electron chi connectivity index (χ1n) is 6.73. The molecule has 0 aromatic heterocycles. The minimum Gasteiger partial charge on any atom is -0.314 e. The molecule has 2 nitrogen and oxygen atoms in total. The van der Waals surface area contributed by atoms with Crippen LogP contribution in [0.2, 0.25) is 0 Å². The van der Waals surface area contributed by atoms with Gasteiger partial charge in [-0.3, -0.25) is 4.90 Å². The highest BCUT2D eigenvalue weighted by Gasteiger charge is 2.37. The van der Waals surface area contributed by atoms with E-state index in [0.29, 0.717) is 0 Å². The third-order valence-corrected chi connectivity index (χ3v) is 4.63. The van der Waals surface area contributed by atoms with Crippen molar-refractivity contribution >= 4 is 0 Å². The van der Waals surface area contributed by atoms with Crippen molar-refractivity contribution in [2.75, 3.05) is 13.1 Å². The topological polar surface area (TPSA) is 15.3 Å². The Bertz CT molecular complexity index is 201. The Morgan fingerprint density at radius 2 is 1.93 bits per heavy atom. The van der Waals surface area contributed by atoms with Gasteiger partial charge in [0.05, 0.1) is 0 Å². The number of rotatable bonds is 3. The zero-order valence-electron chi connectivity index (χ0n) is 10.5. The molecule has 1 aliphatic heterocycles. The second-order valence-electron chi connectivity index (χ2n) is 5.38. The molecule has 0 radical (unpaired) electrons. The molecule has 2 rings (SSSR count). The minimum atomic E-state index is 0.751. The van der Waals surface area contributed by atoms with Crippen molar-refractivity contribution in [1.82, 2.24) is 10.2 Å². The Hall–Kier alpha value is -0.0800. The fourth-order valence-electron chi connectivity index (χ4n) is 3.18. The summed E-state index contributed by atoms with van der Waals surface area (Å²) < 4.78 is 0. The summed E-state index contributed by atoms with van der Waals surface area (Å²) in [6, 6.07) is 2.44. The van der Waals surface area contributed by atoms with Crippen LogP contribution < -0.4 is 5.32 Å². The predicted molar refractivity (Wildman–Crippen MR) is 65.1 cm³/mol. The van der Waals surface area contributed by atoms with E-state index in [-0.39, 0.29) is 0 Å². The SMILES string of the molecule is CCNC1CCN(C2CCC2)C(C)C1C. The van der Waals surface area contributed by atoms with Gasteiger partial charge in [-0.2, -0.15) is 0 Å². The van der Waals surface area contributed by atoms with Gasteiger partial charge in [0.1, 0.15) is 0 Å². The van der Waals surface area contributed by atoms with E-state index in [2.05, 4.69) is 31.0 Å². The molecule has 0 bridgehead atoms. The summed E-state index contributed by atoms with van der Waals surface area (Å²) in [6.07, 6.45) is 5.70. The van der Waals surface area contributed by atoms with Crippen LogP contribution in [0, 0.1) is 5.92 Å². The Morgan fingerprint density at radius 3 is 2.47 bits per heavy atom. The van der Waals surface area contributed by atoms with Crippen molar-refractivity contribution in [2.24, 2.45) is 5.92 Å². The molecule has 0 aromatic carbocycles. The Balaban J connectivity index is 1.91. The Labute approximate surface area is 94.4 Å². The number of hydrogen-bond donors (Lipinski definition) is 1. The van der Waals surface area contributed by atoms with Gasteiger partial charge in [-0.05, 0) is 38.6 Å². The Kier molecular flexibility index (Phi) is 3.68. The predicted octanol–water partition coefficient (Wildman–Crippen LogP) is 2.25. The minimum absolute atomic E-state index is 0.751. The monoisotopic (exact) mass is 210 g/mol. The number of nitrogens with zero attached hydrogens (tertiary/aromatic N) is 1. The van der Waals surface area contributed by atoms with E-state index in [9.17, 15) is 0 Å². The summed E-state index contributed by atoms with van der Waals surface area (Å²) in [5.41, 5.74) is 0. The van der Waals surface area contributed by atoms with Gasteiger partial charge in [-0.1, -0.05) is 20.3 Å². The average molecular weight is 210 g/mol. The van der Waals surface area contributed by atoms with Crippen LogP contribution in [0.4, 0.5) is 0 Å². The van der Waals surface area contributed by atoms with Crippen LogP contribution in [0.3, 0.4) is 0 Å². The molecular weight excluding hydrogens is 184 g/mol. The van der Waals surface area contributed by atoms with Gasteiger partial charge >= 0.3 is 0 Å². The molecule has 1 heterocycles. The zero-order chi connectivity index (χ0) is 10.8. The van der Waals surface area contributed by atoms with Crippen LogP contribution >= 0.6 is 0 Å². The second-order valence-corrected chi connectivity index (χ2v) is 5.38. The highest BCUT2D eigenvalue weighted by atomic mass is 15.2. The highest BCUT2D eigenvalue weighted by Crippen LogP contribution is 2.32. The molecule has 3 atom stereocenters. The molecule has 3 unspecified atom stereocenters. The third-order valence-electron chi connectivity index (χ3n) is 4.63. The van der Waals surface area contributed by atoms with E-state index >= 15 is 0 Å². The van der Waals surface area contributed by atoms with Gasteiger partial charge in [-0.25, -0.2) is 0 Å². The first-order chi connectivity index (χ1) is 7.24. The van der Waals surface area contributed by atoms with Crippen molar-refractivity contribution in [3.8, 4) is 0 Å². The molecule has 2 heteroatoms. The quantitative estimate of drug-likeness (QED) is 0.768. The highest BCUT2D eigenvalue weighted by molar-refractivity contribution is 4.93. The van der Waals surface area contributed by atoms with Gasteiger partial charge in [0, 0.05) is 24.7 Å². The molecule has 15 heavy (non-hydrogen) atoms. The largest absolute Gasteiger partial charge is 0.314 e. The summed E-state index contributed by atoms with van der Waals surface area (Å²) in [6.45, 7) is 9.49. The average Bonchev–Trinajstić information content (AvgIpc) is 2.15. The molecule has 1 saturated carbocycles. The molecule has 0 amide bonds. The molecule has 1 N–H and O–H groups in total. The summed E-state index contributed by atoms with van der Waals surface area (Å²) >= 11 is 0. The molecule has 1 saturated heterocycles. The molecular formula is C13H26N2. The summed E-state index contributed by atoms with van der Waals surface area (Å²) in [7, 11) is 0. The normalized spacial score (nSPS) is 39.0. The summed E-state index contributed by atoms with van der Waals surface area (Å²) in [5.74, 6) is 0.805. The first kappa shape index (κ1) is 11.4. The van der Waals surface area contributed by atoms with Crippen LogP contribution in [-0.2, 0) is 0 Å². The smallest absolute Gasteiger partial charge is 0.0120 e. The molecule has 1 aliphatic carbocycles. The van der Waals surface area contributed by atoms with E-state index in [1.165, 1.54) is 32.2 Å². The fourth-order valence-corrected chi connectivity index (χ4v) is 3.18. The lowest BCUT2D eigenvalue weighted by Gasteiger charge is -2.49. The van der Waals surface area contributed by atoms with Gasteiger partial charge in [0.2, 0.25) is 0 Å². The second kappa shape index (κ2) is 4.84. The van der Waals surface area contributed by atoms with Crippen LogP contribution in [0.25, 0.3) is 0 Å². The number of hydrogen-bond acceptors (Lipinski definition) is 2. The van der Waals surface area contributed by atoms with E-state index in [0.717, 1.165) is 30.6 Å². The van der Waals surface area contributed by atoms with Crippen molar-refractivity contribution in [2.45, 2.75) is 64.6 Å². The maximum Gasteiger partial charge on any atom is 0.0120 e. The van der Waals surface area contributed by atoms with Crippen LogP contribution in [0.5, 0.6) is 0 Å². The van der Waals surface area contributed by atoms with Gasteiger partial charge in [-0.15, -0.1) is 0 Å². The maximum atomic E-state index is 3.63. The maximum absolute atomic E-state index is 3.63. The van der Waals surface area contributed by atoms with Crippen LogP contribution in [0.1, 0.15) is 46.5 Å². The van der Waals surface area contributed by atoms with Crippen molar-refractivity contribution in [1.29, 1.82) is 0 Å². The van der Waals surface area contributed by atoms with E-state index in [1.54, 1.807) is 0 Å². The Morgan fingerprint density at radius 1 is 1.20 bits per heavy atom. The van der Waals surface area contributed by atoms with E-state index in [1.807, 2.05) is 0 Å². The number of nitrogens with one attached hydrogen (secondary N) is 1. The van der Waals surface area contributed by atoms with Crippen LogP contribution in [0.15, 0.2) is 0 Å².